The maximum atomic E-state index is 11.7. The normalized spacial score (nSPS) is 27.3. The second-order valence-electron chi connectivity index (χ2n) is 5.62. The molecule has 1 aliphatic heterocycles. The number of hydrogen-bond donors (Lipinski definition) is 0. The fraction of sp³-hybridized carbons (Fsp3) is 0.800. The van der Waals surface area contributed by atoms with Crippen LogP contribution in [-0.4, -0.2) is 24.8 Å². The first-order chi connectivity index (χ1) is 8.51. The summed E-state index contributed by atoms with van der Waals surface area (Å²) in [6.45, 7) is 7.43. The van der Waals surface area contributed by atoms with Gasteiger partial charge in [0.2, 0.25) is 0 Å². The highest BCUT2D eigenvalue weighted by molar-refractivity contribution is 5.71. The average Bonchev–Trinajstić information content (AvgIpc) is 2.30. The van der Waals surface area contributed by atoms with Crippen molar-refractivity contribution in [2.45, 2.75) is 58.5 Å². The van der Waals surface area contributed by atoms with Crippen LogP contribution >= 0.6 is 0 Å². The SMILES string of the molecule is CC1CCCC(C)(C)OCCC=CCCOC1=O. The van der Waals surface area contributed by atoms with Crippen LogP contribution in [0.3, 0.4) is 0 Å². The second-order valence-corrected chi connectivity index (χ2v) is 5.62. The predicted octanol–water partition coefficient (Wildman–Crippen LogP) is 3.48. The van der Waals surface area contributed by atoms with E-state index >= 15 is 0 Å². The van der Waals surface area contributed by atoms with Gasteiger partial charge in [0.05, 0.1) is 24.7 Å². The van der Waals surface area contributed by atoms with Crippen LogP contribution in [0.4, 0.5) is 0 Å². The lowest BCUT2D eigenvalue weighted by Gasteiger charge is -2.25. The van der Waals surface area contributed by atoms with Crippen molar-refractivity contribution in [3.05, 3.63) is 12.2 Å². The van der Waals surface area contributed by atoms with Gasteiger partial charge in [-0.05, 0) is 46.0 Å². The molecule has 1 heterocycles. The number of esters is 1. The van der Waals surface area contributed by atoms with Crippen molar-refractivity contribution >= 4 is 5.97 Å². The van der Waals surface area contributed by atoms with E-state index in [1.807, 2.05) is 6.92 Å². The highest BCUT2D eigenvalue weighted by Crippen LogP contribution is 2.21. The Kier molecular flexibility index (Phi) is 6.41. The molecule has 0 radical (unpaired) electrons. The summed E-state index contributed by atoms with van der Waals surface area (Å²) in [5, 5.41) is 0. The highest BCUT2D eigenvalue weighted by atomic mass is 16.5. The molecule has 0 N–H and O–H groups in total. The minimum absolute atomic E-state index is 0.00674. The number of rotatable bonds is 0. The molecule has 0 aromatic rings. The van der Waals surface area contributed by atoms with Crippen LogP contribution in [0.2, 0.25) is 0 Å². The van der Waals surface area contributed by atoms with E-state index in [0.717, 1.165) is 38.7 Å². The third kappa shape index (κ3) is 6.20. The van der Waals surface area contributed by atoms with Gasteiger partial charge in [0, 0.05) is 0 Å². The van der Waals surface area contributed by atoms with Crippen LogP contribution in [0, 0.1) is 5.92 Å². The third-order valence-corrected chi connectivity index (χ3v) is 3.29. The van der Waals surface area contributed by atoms with Gasteiger partial charge >= 0.3 is 5.97 Å². The molecule has 1 aliphatic rings. The van der Waals surface area contributed by atoms with Crippen molar-refractivity contribution in [2.24, 2.45) is 5.92 Å². The van der Waals surface area contributed by atoms with E-state index in [-0.39, 0.29) is 17.5 Å². The zero-order valence-electron chi connectivity index (χ0n) is 11.9. The fourth-order valence-corrected chi connectivity index (χ4v) is 2.03. The van der Waals surface area contributed by atoms with E-state index in [4.69, 9.17) is 9.47 Å². The number of carbonyl (C=O) groups is 1. The molecule has 3 nitrogen and oxygen atoms in total. The molecule has 1 atom stereocenters. The molecule has 0 bridgehead atoms. The Balaban J connectivity index is 2.51. The van der Waals surface area contributed by atoms with E-state index < -0.39 is 0 Å². The summed E-state index contributed by atoms with van der Waals surface area (Å²) in [7, 11) is 0. The standard InChI is InChI=1S/C15H26O3/c1-13-9-8-10-15(2,3)18-12-7-5-4-6-11-17-14(13)16/h4-5,13H,6-12H2,1-3H3. The van der Waals surface area contributed by atoms with E-state index in [1.165, 1.54) is 0 Å². The van der Waals surface area contributed by atoms with Gasteiger partial charge in [-0.3, -0.25) is 4.79 Å². The Morgan fingerprint density at radius 2 is 1.89 bits per heavy atom. The summed E-state index contributed by atoms with van der Waals surface area (Å²) < 4.78 is 11.1. The lowest BCUT2D eigenvalue weighted by molar-refractivity contribution is -0.148. The van der Waals surface area contributed by atoms with Gasteiger partial charge in [0.15, 0.2) is 0 Å². The van der Waals surface area contributed by atoms with E-state index in [0.29, 0.717) is 6.61 Å². The Morgan fingerprint density at radius 3 is 2.61 bits per heavy atom. The summed E-state index contributed by atoms with van der Waals surface area (Å²) in [6.07, 6.45) is 8.73. The topological polar surface area (TPSA) is 35.5 Å². The summed E-state index contributed by atoms with van der Waals surface area (Å²) in [5.41, 5.74) is -0.0957. The molecule has 0 spiro atoms. The Bertz CT molecular complexity index is 281. The average molecular weight is 254 g/mol. The zero-order chi connectivity index (χ0) is 13.4. The lowest BCUT2D eigenvalue weighted by atomic mass is 9.96. The Morgan fingerprint density at radius 1 is 1.22 bits per heavy atom. The van der Waals surface area contributed by atoms with Gasteiger partial charge in [0.1, 0.15) is 0 Å². The molecule has 0 aliphatic carbocycles. The monoisotopic (exact) mass is 254 g/mol. The van der Waals surface area contributed by atoms with Crippen molar-refractivity contribution in [2.75, 3.05) is 13.2 Å². The van der Waals surface area contributed by atoms with Gasteiger partial charge in [-0.2, -0.15) is 0 Å². The predicted molar refractivity (Wildman–Crippen MR) is 72.4 cm³/mol. The van der Waals surface area contributed by atoms with E-state index in [9.17, 15) is 4.79 Å². The van der Waals surface area contributed by atoms with Gasteiger partial charge in [0.25, 0.3) is 0 Å². The molecule has 18 heavy (non-hydrogen) atoms. The van der Waals surface area contributed by atoms with Crippen LogP contribution in [-0.2, 0) is 14.3 Å². The molecule has 0 fully saturated rings. The summed E-state index contributed by atoms with van der Waals surface area (Å²) in [6, 6.07) is 0. The van der Waals surface area contributed by atoms with Crippen molar-refractivity contribution in [1.82, 2.24) is 0 Å². The van der Waals surface area contributed by atoms with Gasteiger partial charge in [-0.15, -0.1) is 0 Å². The molecule has 3 heteroatoms. The Hall–Kier alpha value is -0.830. The van der Waals surface area contributed by atoms with E-state index in [1.54, 1.807) is 0 Å². The molecular weight excluding hydrogens is 228 g/mol. The fourth-order valence-electron chi connectivity index (χ4n) is 2.03. The van der Waals surface area contributed by atoms with Gasteiger partial charge in [-0.25, -0.2) is 0 Å². The second kappa shape index (κ2) is 7.57. The minimum Gasteiger partial charge on any atom is -0.465 e. The first kappa shape index (κ1) is 15.2. The van der Waals surface area contributed by atoms with Gasteiger partial charge in [-0.1, -0.05) is 19.1 Å². The van der Waals surface area contributed by atoms with Crippen LogP contribution in [0.5, 0.6) is 0 Å². The molecule has 0 aromatic heterocycles. The van der Waals surface area contributed by atoms with Crippen LogP contribution < -0.4 is 0 Å². The molecule has 1 unspecified atom stereocenters. The molecule has 1 rings (SSSR count). The van der Waals surface area contributed by atoms with Crippen molar-refractivity contribution in [3.63, 3.8) is 0 Å². The number of ether oxygens (including phenoxy) is 2. The number of cyclic esters (lactones) is 1. The van der Waals surface area contributed by atoms with Crippen molar-refractivity contribution < 1.29 is 14.3 Å². The van der Waals surface area contributed by atoms with Crippen LogP contribution in [0.15, 0.2) is 12.2 Å². The quantitative estimate of drug-likeness (QED) is 0.490. The van der Waals surface area contributed by atoms with Crippen LogP contribution in [0.25, 0.3) is 0 Å². The van der Waals surface area contributed by atoms with Crippen LogP contribution in [0.1, 0.15) is 52.9 Å². The van der Waals surface area contributed by atoms with Crippen molar-refractivity contribution in [1.29, 1.82) is 0 Å². The Labute approximate surface area is 111 Å². The first-order valence-corrected chi connectivity index (χ1v) is 6.97. The molecule has 0 saturated heterocycles. The number of hydrogen-bond acceptors (Lipinski definition) is 3. The zero-order valence-corrected chi connectivity index (χ0v) is 11.9. The lowest BCUT2D eigenvalue weighted by Crippen LogP contribution is -2.25. The summed E-state index contributed by atoms with van der Waals surface area (Å²) in [4.78, 5) is 11.7. The largest absolute Gasteiger partial charge is 0.465 e. The summed E-state index contributed by atoms with van der Waals surface area (Å²) in [5.74, 6) is -0.0769. The molecule has 104 valence electrons. The maximum absolute atomic E-state index is 11.7. The molecular formula is C15H26O3. The van der Waals surface area contributed by atoms with E-state index in [2.05, 4.69) is 26.0 Å². The first-order valence-electron chi connectivity index (χ1n) is 6.97. The molecule has 0 saturated carbocycles. The smallest absolute Gasteiger partial charge is 0.308 e. The number of carbonyl (C=O) groups excluding carboxylic acids is 1. The van der Waals surface area contributed by atoms with Gasteiger partial charge < -0.3 is 9.47 Å². The summed E-state index contributed by atoms with van der Waals surface area (Å²) >= 11 is 0. The molecule has 0 aromatic carbocycles. The van der Waals surface area contributed by atoms with Crippen molar-refractivity contribution in [3.8, 4) is 0 Å². The maximum Gasteiger partial charge on any atom is 0.308 e. The minimum atomic E-state index is -0.0957. The molecule has 0 amide bonds. The highest BCUT2D eigenvalue weighted by Gasteiger charge is 2.20. The third-order valence-electron chi connectivity index (χ3n) is 3.29.